The van der Waals surface area contributed by atoms with E-state index >= 15 is 0 Å². The molecule has 0 atom stereocenters. The van der Waals surface area contributed by atoms with Gasteiger partial charge < -0.3 is 15.7 Å². The highest BCUT2D eigenvalue weighted by Gasteiger charge is 2.31. The maximum atomic E-state index is 12.7. The third kappa shape index (κ3) is 2.12. The van der Waals surface area contributed by atoms with Gasteiger partial charge in [-0.2, -0.15) is 5.10 Å². The van der Waals surface area contributed by atoms with Gasteiger partial charge in [0.05, 0.1) is 18.5 Å². The van der Waals surface area contributed by atoms with E-state index in [1.807, 2.05) is 0 Å². The molecule has 20 heavy (non-hydrogen) atoms. The smallest absolute Gasteiger partial charge is 0.266 e. The van der Waals surface area contributed by atoms with Crippen LogP contribution in [0.4, 0.5) is 5.69 Å². The average molecular weight is 292 g/mol. The quantitative estimate of drug-likeness (QED) is 0.885. The molecule has 1 fully saturated rings. The Labute approximate surface area is 120 Å². The van der Waals surface area contributed by atoms with Crippen molar-refractivity contribution in [2.24, 2.45) is 0 Å². The van der Waals surface area contributed by atoms with Gasteiger partial charge >= 0.3 is 0 Å². The van der Waals surface area contributed by atoms with Crippen LogP contribution in [-0.2, 0) is 0 Å². The second-order valence-electron chi connectivity index (χ2n) is 4.90. The molecule has 3 rings (SSSR count). The van der Waals surface area contributed by atoms with Gasteiger partial charge in [-0.25, -0.2) is 0 Å². The minimum Gasteiger partial charge on any atom is -0.397 e. The number of rotatable bonds is 4. The van der Waals surface area contributed by atoms with E-state index in [4.69, 9.17) is 10.8 Å². The number of thiophene rings is 1. The molecule has 3 N–H and O–H groups in total. The summed E-state index contributed by atoms with van der Waals surface area (Å²) in [6, 6.07) is 2.00. The van der Waals surface area contributed by atoms with Crippen molar-refractivity contribution in [2.45, 2.75) is 25.3 Å². The van der Waals surface area contributed by atoms with E-state index < -0.39 is 0 Å². The van der Waals surface area contributed by atoms with E-state index in [9.17, 15) is 4.79 Å². The standard InChI is InChI=1S/C13H16N4O2S/c14-10-9-4-5-15-16-12(9)20-11(10)13(19)17(6-7-18)8-2-1-3-8/h4-5,8,18H,1-3,6-7,14H2. The molecule has 0 aliphatic heterocycles. The Morgan fingerprint density at radius 2 is 2.35 bits per heavy atom. The van der Waals surface area contributed by atoms with Crippen LogP contribution in [0.2, 0.25) is 0 Å². The van der Waals surface area contributed by atoms with Crippen molar-refractivity contribution in [3.63, 3.8) is 0 Å². The number of amides is 1. The Hall–Kier alpha value is -1.73. The molecule has 6 nitrogen and oxygen atoms in total. The van der Waals surface area contributed by atoms with E-state index in [2.05, 4.69) is 10.2 Å². The number of aliphatic hydroxyl groups is 1. The fraction of sp³-hybridized carbons (Fsp3) is 0.462. The van der Waals surface area contributed by atoms with Gasteiger partial charge in [-0.3, -0.25) is 4.79 Å². The molecule has 0 unspecified atom stereocenters. The number of aliphatic hydroxyl groups excluding tert-OH is 1. The van der Waals surface area contributed by atoms with Gasteiger partial charge in [-0.1, -0.05) is 0 Å². The number of aromatic nitrogens is 2. The summed E-state index contributed by atoms with van der Waals surface area (Å²) in [6.45, 7) is 0.315. The Bertz CT molecular complexity index is 638. The second kappa shape index (κ2) is 5.34. The number of nitrogen functional groups attached to an aromatic ring is 1. The molecule has 2 aromatic rings. The lowest BCUT2D eigenvalue weighted by molar-refractivity contribution is 0.0531. The summed E-state index contributed by atoms with van der Waals surface area (Å²) in [5.41, 5.74) is 6.53. The fourth-order valence-corrected chi connectivity index (χ4v) is 3.41. The van der Waals surface area contributed by atoms with E-state index in [1.54, 1.807) is 17.2 Å². The summed E-state index contributed by atoms with van der Waals surface area (Å²) < 4.78 is 0. The summed E-state index contributed by atoms with van der Waals surface area (Å²) in [4.78, 5) is 15.6. The lowest BCUT2D eigenvalue weighted by Crippen LogP contribution is -2.45. The summed E-state index contributed by atoms with van der Waals surface area (Å²) in [6.07, 6.45) is 4.69. The lowest BCUT2D eigenvalue weighted by atomic mass is 9.91. The predicted octanol–water partition coefficient (Wildman–Crippen LogP) is 1.26. The van der Waals surface area contributed by atoms with Gasteiger partial charge in [0.15, 0.2) is 0 Å². The van der Waals surface area contributed by atoms with Crippen LogP contribution in [-0.4, -0.2) is 45.3 Å². The minimum absolute atomic E-state index is 0.0349. The first kappa shape index (κ1) is 13.3. The molecular weight excluding hydrogens is 276 g/mol. The van der Waals surface area contributed by atoms with Gasteiger partial charge in [-0.15, -0.1) is 16.4 Å². The fourth-order valence-electron chi connectivity index (χ4n) is 2.42. The highest BCUT2D eigenvalue weighted by atomic mass is 32.1. The number of nitrogens with two attached hydrogens (primary N) is 1. The molecule has 1 aliphatic carbocycles. The van der Waals surface area contributed by atoms with Gasteiger partial charge in [0.25, 0.3) is 5.91 Å². The molecular formula is C13H16N4O2S. The van der Waals surface area contributed by atoms with Crippen molar-refractivity contribution in [2.75, 3.05) is 18.9 Å². The number of fused-ring (bicyclic) bond motifs is 1. The predicted molar refractivity (Wildman–Crippen MR) is 77.6 cm³/mol. The molecule has 106 valence electrons. The monoisotopic (exact) mass is 292 g/mol. The SMILES string of the molecule is Nc1c(C(=O)N(CCO)C2CCC2)sc2nnccc12. The Kier molecular flexibility index (Phi) is 3.54. The summed E-state index contributed by atoms with van der Waals surface area (Å²) in [5, 5.41) is 17.7. The van der Waals surface area contributed by atoms with Crippen LogP contribution in [0.25, 0.3) is 10.2 Å². The first-order valence-electron chi connectivity index (χ1n) is 6.64. The van der Waals surface area contributed by atoms with Crippen molar-refractivity contribution in [3.05, 3.63) is 17.1 Å². The normalized spacial score (nSPS) is 15.2. The topological polar surface area (TPSA) is 92.3 Å². The van der Waals surface area contributed by atoms with Gasteiger partial charge in [-0.05, 0) is 25.3 Å². The molecule has 1 saturated carbocycles. The molecule has 0 saturated heterocycles. The minimum atomic E-state index is -0.107. The molecule has 0 aromatic carbocycles. The van der Waals surface area contributed by atoms with Crippen LogP contribution in [0, 0.1) is 0 Å². The third-order valence-electron chi connectivity index (χ3n) is 3.73. The molecule has 1 aliphatic rings. The summed E-state index contributed by atoms with van der Waals surface area (Å²) in [7, 11) is 0. The highest BCUT2D eigenvalue weighted by Crippen LogP contribution is 2.34. The van der Waals surface area contributed by atoms with Crippen molar-refractivity contribution < 1.29 is 9.90 Å². The highest BCUT2D eigenvalue weighted by molar-refractivity contribution is 7.21. The van der Waals surface area contributed by atoms with Crippen molar-refractivity contribution in [1.82, 2.24) is 15.1 Å². The van der Waals surface area contributed by atoms with Crippen LogP contribution >= 0.6 is 11.3 Å². The number of carbonyl (C=O) groups excluding carboxylic acids is 1. The molecule has 2 aromatic heterocycles. The zero-order valence-electron chi connectivity index (χ0n) is 11.0. The molecule has 0 bridgehead atoms. The zero-order valence-corrected chi connectivity index (χ0v) is 11.8. The van der Waals surface area contributed by atoms with E-state index in [0.29, 0.717) is 21.9 Å². The van der Waals surface area contributed by atoms with Crippen LogP contribution in [0.1, 0.15) is 28.9 Å². The van der Waals surface area contributed by atoms with Crippen molar-refractivity contribution >= 4 is 33.1 Å². The molecule has 1 amide bonds. The number of nitrogens with zero attached hydrogens (tertiary/aromatic N) is 3. The summed E-state index contributed by atoms with van der Waals surface area (Å²) in [5.74, 6) is -0.107. The van der Waals surface area contributed by atoms with Crippen molar-refractivity contribution in [3.8, 4) is 0 Å². The third-order valence-corrected chi connectivity index (χ3v) is 4.83. The molecule has 0 spiro atoms. The van der Waals surface area contributed by atoms with Gasteiger partial charge in [0.2, 0.25) is 0 Å². The van der Waals surface area contributed by atoms with E-state index in [1.165, 1.54) is 11.3 Å². The zero-order chi connectivity index (χ0) is 14.1. The number of hydrogen-bond acceptors (Lipinski definition) is 6. The maximum Gasteiger partial charge on any atom is 0.266 e. The van der Waals surface area contributed by atoms with Gasteiger partial charge in [0.1, 0.15) is 9.71 Å². The Morgan fingerprint density at radius 1 is 1.55 bits per heavy atom. The maximum absolute atomic E-state index is 12.7. The number of anilines is 1. The van der Waals surface area contributed by atoms with Crippen LogP contribution < -0.4 is 5.73 Å². The van der Waals surface area contributed by atoms with E-state index in [0.717, 1.165) is 24.6 Å². The molecule has 0 radical (unpaired) electrons. The lowest BCUT2D eigenvalue weighted by Gasteiger charge is -2.37. The second-order valence-corrected chi connectivity index (χ2v) is 5.90. The first-order chi connectivity index (χ1) is 9.72. The number of carbonyl (C=O) groups is 1. The first-order valence-corrected chi connectivity index (χ1v) is 7.45. The summed E-state index contributed by atoms with van der Waals surface area (Å²) >= 11 is 1.27. The van der Waals surface area contributed by atoms with Gasteiger partial charge in [0, 0.05) is 18.0 Å². The molecule has 2 heterocycles. The van der Waals surface area contributed by atoms with E-state index in [-0.39, 0.29) is 18.6 Å². The van der Waals surface area contributed by atoms with Crippen LogP contribution in [0.3, 0.4) is 0 Å². The average Bonchev–Trinajstić information content (AvgIpc) is 2.73. The van der Waals surface area contributed by atoms with Crippen molar-refractivity contribution in [1.29, 1.82) is 0 Å². The Balaban J connectivity index is 1.95. The largest absolute Gasteiger partial charge is 0.397 e. The number of hydrogen-bond donors (Lipinski definition) is 2. The molecule has 7 heteroatoms. The Morgan fingerprint density at radius 3 is 2.95 bits per heavy atom. The van der Waals surface area contributed by atoms with Crippen LogP contribution in [0.5, 0.6) is 0 Å². The van der Waals surface area contributed by atoms with Crippen LogP contribution in [0.15, 0.2) is 12.3 Å².